The molecule has 2 aromatic rings. The molecule has 18 heavy (non-hydrogen) atoms. The molecule has 2 heterocycles. The Hall–Kier alpha value is -1.66. The standard InChI is InChI=1S/C12H19N5O/c1-9-5-12(18-17-9)8-13-3-4-14-10(2)11-6-15-16-7-11/h5-7,10,13-14H,3-4,8H2,1-2H3,(H,15,16). The van der Waals surface area contributed by atoms with Crippen LogP contribution in [-0.4, -0.2) is 28.4 Å². The third-order valence-electron chi connectivity index (χ3n) is 2.75. The van der Waals surface area contributed by atoms with Crippen LogP contribution in [0.1, 0.15) is 30.0 Å². The molecule has 6 nitrogen and oxygen atoms in total. The van der Waals surface area contributed by atoms with Crippen LogP contribution in [0.5, 0.6) is 0 Å². The van der Waals surface area contributed by atoms with Gasteiger partial charge in [0.05, 0.1) is 18.4 Å². The molecule has 0 spiro atoms. The molecule has 0 amide bonds. The van der Waals surface area contributed by atoms with E-state index in [0.29, 0.717) is 12.6 Å². The number of H-pyrrole nitrogens is 1. The molecule has 0 saturated heterocycles. The van der Waals surface area contributed by atoms with Gasteiger partial charge in [-0.15, -0.1) is 0 Å². The summed E-state index contributed by atoms with van der Waals surface area (Å²) in [5, 5.41) is 17.3. The van der Waals surface area contributed by atoms with Crippen molar-refractivity contribution >= 4 is 0 Å². The smallest absolute Gasteiger partial charge is 0.150 e. The van der Waals surface area contributed by atoms with Gasteiger partial charge in [-0.1, -0.05) is 5.16 Å². The Morgan fingerprint density at radius 1 is 1.44 bits per heavy atom. The van der Waals surface area contributed by atoms with Crippen molar-refractivity contribution in [2.24, 2.45) is 0 Å². The van der Waals surface area contributed by atoms with Crippen LogP contribution in [0.4, 0.5) is 0 Å². The minimum atomic E-state index is 0.304. The zero-order valence-corrected chi connectivity index (χ0v) is 10.7. The fraction of sp³-hybridized carbons (Fsp3) is 0.500. The van der Waals surface area contributed by atoms with Crippen molar-refractivity contribution in [3.63, 3.8) is 0 Å². The third kappa shape index (κ3) is 3.68. The topological polar surface area (TPSA) is 78.8 Å². The maximum atomic E-state index is 5.11. The maximum Gasteiger partial charge on any atom is 0.150 e. The number of hydrogen-bond donors (Lipinski definition) is 3. The van der Waals surface area contributed by atoms with E-state index in [1.54, 1.807) is 0 Å². The Bertz CT molecular complexity index is 451. The summed E-state index contributed by atoms with van der Waals surface area (Å²) in [7, 11) is 0. The highest BCUT2D eigenvalue weighted by atomic mass is 16.5. The predicted octanol–water partition coefficient (Wildman–Crippen LogP) is 1.15. The minimum Gasteiger partial charge on any atom is -0.360 e. The van der Waals surface area contributed by atoms with Gasteiger partial charge < -0.3 is 15.2 Å². The number of aromatic nitrogens is 3. The highest BCUT2D eigenvalue weighted by Gasteiger charge is 2.04. The molecule has 2 aromatic heterocycles. The molecule has 3 N–H and O–H groups in total. The lowest BCUT2D eigenvalue weighted by molar-refractivity contribution is 0.369. The van der Waals surface area contributed by atoms with Gasteiger partial charge in [-0.3, -0.25) is 5.10 Å². The monoisotopic (exact) mass is 249 g/mol. The molecule has 0 fully saturated rings. The minimum absolute atomic E-state index is 0.304. The van der Waals surface area contributed by atoms with Gasteiger partial charge in [-0.05, 0) is 13.8 Å². The lowest BCUT2D eigenvalue weighted by Crippen LogP contribution is -2.28. The SMILES string of the molecule is Cc1cc(CNCCNC(C)c2cn[nH]c2)on1. The summed E-state index contributed by atoms with van der Waals surface area (Å²) >= 11 is 0. The Morgan fingerprint density at radius 2 is 2.33 bits per heavy atom. The van der Waals surface area contributed by atoms with E-state index in [4.69, 9.17) is 4.52 Å². The average Bonchev–Trinajstić information content (AvgIpc) is 2.99. The molecule has 0 aliphatic carbocycles. The number of aromatic amines is 1. The van der Waals surface area contributed by atoms with E-state index < -0.39 is 0 Å². The molecule has 2 rings (SSSR count). The van der Waals surface area contributed by atoms with Gasteiger partial charge in [0, 0.05) is 37.0 Å². The number of nitrogens with zero attached hydrogens (tertiary/aromatic N) is 2. The van der Waals surface area contributed by atoms with Crippen molar-refractivity contribution in [2.45, 2.75) is 26.4 Å². The molecule has 0 aromatic carbocycles. The fourth-order valence-corrected chi connectivity index (χ4v) is 1.70. The van der Waals surface area contributed by atoms with Gasteiger partial charge in [-0.2, -0.15) is 5.10 Å². The van der Waals surface area contributed by atoms with Gasteiger partial charge in [0.15, 0.2) is 5.76 Å². The molecule has 1 atom stereocenters. The molecule has 0 radical (unpaired) electrons. The molecule has 98 valence electrons. The zero-order chi connectivity index (χ0) is 12.8. The van der Waals surface area contributed by atoms with Crippen LogP contribution in [0.25, 0.3) is 0 Å². The van der Waals surface area contributed by atoms with E-state index in [0.717, 1.165) is 24.5 Å². The first-order valence-electron chi connectivity index (χ1n) is 6.10. The number of nitrogens with one attached hydrogen (secondary N) is 3. The van der Waals surface area contributed by atoms with Crippen molar-refractivity contribution in [1.82, 2.24) is 26.0 Å². The van der Waals surface area contributed by atoms with Crippen molar-refractivity contribution < 1.29 is 4.52 Å². The van der Waals surface area contributed by atoms with Crippen molar-refractivity contribution in [3.05, 3.63) is 35.5 Å². The van der Waals surface area contributed by atoms with Crippen LogP contribution in [-0.2, 0) is 6.54 Å². The second-order valence-electron chi connectivity index (χ2n) is 4.32. The third-order valence-corrected chi connectivity index (χ3v) is 2.75. The second-order valence-corrected chi connectivity index (χ2v) is 4.32. The number of aryl methyl sites for hydroxylation is 1. The maximum absolute atomic E-state index is 5.11. The lowest BCUT2D eigenvalue weighted by Gasteiger charge is -2.11. The summed E-state index contributed by atoms with van der Waals surface area (Å²) in [5.74, 6) is 0.871. The highest BCUT2D eigenvalue weighted by molar-refractivity contribution is 5.07. The quantitative estimate of drug-likeness (QED) is 0.641. The molecule has 0 aliphatic rings. The number of rotatable bonds is 7. The summed E-state index contributed by atoms with van der Waals surface area (Å²) in [6.07, 6.45) is 3.74. The molecule has 0 bridgehead atoms. The Kier molecular flexibility index (Phi) is 4.49. The fourth-order valence-electron chi connectivity index (χ4n) is 1.70. The van der Waals surface area contributed by atoms with E-state index in [9.17, 15) is 0 Å². The first-order valence-corrected chi connectivity index (χ1v) is 6.10. The summed E-state index contributed by atoms with van der Waals surface area (Å²) in [6.45, 7) is 6.51. The second kappa shape index (κ2) is 6.32. The van der Waals surface area contributed by atoms with Crippen LogP contribution in [0, 0.1) is 6.92 Å². The lowest BCUT2D eigenvalue weighted by atomic mass is 10.2. The zero-order valence-electron chi connectivity index (χ0n) is 10.7. The van der Waals surface area contributed by atoms with Gasteiger partial charge in [0.1, 0.15) is 0 Å². The first kappa shape index (κ1) is 12.8. The van der Waals surface area contributed by atoms with E-state index >= 15 is 0 Å². The first-order chi connectivity index (χ1) is 8.75. The van der Waals surface area contributed by atoms with Crippen LogP contribution in [0.3, 0.4) is 0 Å². The summed E-state index contributed by atoms with van der Waals surface area (Å²) in [5.41, 5.74) is 2.08. The summed E-state index contributed by atoms with van der Waals surface area (Å²) in [6, 6.07) is 2.24. The summed E-state index contributed by atoms with van der Waals surface area (Å²) < 4.78 is 5.11. The van der Waals surface area contributed by atoms with E-state index in [-0.39, 0.29) is 0 Å². The Morgan fingerprint density at radius 3 is 3.00 bits per heavy atom. The van der Waals surface area contributed by atoms with Gasteiger partial charge in [0.2, 0.25) is 0 Å². The Labute approximate surface area is 106 Å². The van der Waals surface area contributed by atoms with Crippen LogP contribution in [0.15, 0.2) is 23.0 Å². The molecular formula is C12H19N5O. The van der Waals surface area contributed by atoms with Crippen LogP contribution >= 0.6 is 0 Å². The van der Waals surface area contributed by atoms with E-state index in [1.165, 1.54) is 5.56 Å². The van der Waals surface area contributed by atoms with E-state index in [1.807, 2.05) is 25.4 Å². The molecule has 0 saturated carbocycles. The molecule has 1 unspecified atom stereocenters. The van der Waals surface area contributed by atoms with Gasteiger partial charge in [-0.25, -0.2) is 0 Å². The van der Waals surface area contributed by atoms with Crippen LogP contribution in [0.2, 0.25) is 0 Å². The normalized spacial score (nSPS) is 12.8. The van der Waals surface area contributed by atoms with E-state index in [2.05, 4.69) is 32.9 Å². The molecule has 0 aliphatic heterocycles. The van der Waals surface area contributed by atoms with Gasteiger partial charge in [0.25, 0.3) is 0 Å². The van der Waals surface area contributed by atoms with Crippen LogP contribution < -0.4 is 10.6 Å². The van der Waals surface area contributed by atoms with Crippen molar-refractivity contribution in [1.29, 1.82) is 0 Å². The molecular weight excluding hydrogens is 230 g/mol. The Balaban J connectivity index is 1.59. The summed E-state index contributed by atoms with van der Waals surface area (Å²) in [4.78, 5) is 0. The van der Waals surface area contributed by atoms with Crippen molar-refractivity contribution in [2.75, 3.05) is 13.1 Å². The molecule has 6 heteroatoms. The largest absolute Gasteiger partial charge is 0.360 e. The average molecular weight is 249 g/mol. The van der Waals surface area contributed by atoms with Gasteiger partial charge >= 0.3 is 0 Å². The predicted molar refractivity (Wildman–Crippen MR) is 68.0 cm³/mol. The number of hydrogen-bond acceptors (Lipinski definition) is 5. The highest BCUT2D eigenvalue weighted by Crippen LogP contribution is 2.07. The van der Waals surface area contributed by atoms with Crippen molar-refractivity contribution in [3.8, 4) is 0 Å².